The smallest absolute Gasteiger partial charge is 0.343 e. The fourth-order valence-electron chi connectivity index (χ4n) is 2.00. The number of carbonyl (C=O) groups excluding carboxylic acids is 1. The molecule has 0 spiro atoms. The second-order valence-electron chi connectivity index (χ2n) is 4.43. The Bertz CT molecular complexity index is 482. The highest BCUT2D eigenvalue weighted by Gasteiger charge is 2.28. The molecule has 2 rings (SSSR count). The number of fused-ring (bicyclic) bond motifs is 1. The van der Waals surface area contributed by atoms with E-state index < -0.39 is 5.97 Å². The number of rotatable bonds is 2. The highest BCUT2D eigenvalue weighted by Crippen LogP contribution is 2.43. The van der Waals surface area contributed by atoms with Gasteiger partial charge in [0.2, 0.25) is 0 Å². The average Bonchev–Trinajstić information content (AvgIpc) is 2.36. The Hall–Kier alpha value is -1.91. The summed E-state index contributed by atoms with van der Waals surface area (Å²) in [6.07, 6.45) is 0. The minimum Gasteiger partial charge on any atom is -0.486 e. The Labute approximate surface area is 106 Å². The third kappa shape index (κ3) is 1.96. The van der Waals surface area contributed by atoms with Gasteiger partial charge in [0.15, 0.2) is 11.5 Å². The van der Waals surface area contributed by atoms with Gasteiger partial charge in [0.1, 0.15) is 18.8 Å². The van der Waals surface area contributed by atoms with Crippen LogP contribution in [-0.2, 0) is 4.74 Å². The zero-order valence-corrected chi connectivity index (χ0v) is 10.8. The Morgan fingerprint density at radius 1 is 1.33 bits per heavy atom. The van der Waals surface area contributed by atoms with Gasteiger partial charge >= 0.3 is 5.97 Å². The van der Waals surface area contributed by atoms with Crippen molar-refractivity contribution in [1.82, 2.24) is 0 Å². The molecule has 0 radical (unpaired) electrons. The average molecular weight is 251 g/mol. The lowest BCUT2D eigenvalue weighted by Gasteiger charge is -2.25. The predicted molar refractivity (Wildman–Crippen MR) is 67.3 cm³/mol. The topological polar surface area (TPSA) is 70.8 Å². The van der Waals surface area contributed by atoms with E-state index in [4.69, 9.17) is 19.9 Å². The van der Waals surface area contributed by atoms with E-state index in [9.17, 15) is 4.79 Å². The van der Waals surface area contributed by atoms with Crippen LogP contribution in [0.4, 0.5) is 5.69 Å². The molecule has 1 aliphatic rings. The molecular formula is C13H17NO4. The van der Waals surface area contributed by atoms with E-state index in [0.717, 1.165) is 5.56 Å². The molecule has 0 saturated carbocycles. The third-order valence-electron chi connectivity index (χ3n) is 2.88. The van der Waals surface area contributed by atoms with Gasteiger partial charge in [-0.05, 0) is 12.0 Å². The molecule has 1 aliphatic heterocycles. The zero-order valence-electron chi connectivity index (χ0n) is 10.8. The SMILES string of the molecule is COC(=O)c1c(N)cc(C(C)C)c2c1OCCO2. The number of benzene rings is 1. The summed E-state index contributed by atoms with van der Waals surface area (Å²) >= 11 is 0. The third-order valence-corrected chi connectivity index (χ3v) is 2.88. The van der Waals surface area contributed by atoms with E-state index in [2.05, 4.69) is 0 Å². The highest BCUT2D eigenvalue weighted by atomic mass is 16.6. The van der Waals surface area contributed by atoms with Gasteiger partial charge in [-0.2, -0.15) is 0 Å². The van der Waals surface area contributed by atoms with Gasteiger partial charge in [0.25, 0.3) is 0 Å². The lowest BCUT2D eigenvalue weighted by molar-refractivity contribution is 0.0591. The van der Waals surface area contributed by atoms with Crippen LogP contribution in [0.2, 0.25) is 0 Å². The highest BCUT2D eigenvalue weighted by molar-refractivity contribution is 5.99. The van der Waals surface area contributed by atoms with Crippen LogP contribution in [0.25, 0.3) is 0 Å². The summed E-state index contributed by atoms with van der Waals surface area (Å²) in [5.74, 6) is 0.724. The van der Waals surface area contributed by atoms with Crippen LogP contribution in [-0.4, -0.2) is 26.3 Å². The van der Waals surface area contributed by atoms with Crippen molar-refractivity contribution >= 4 is 11.7 Å². The number of anilines is 1. The summed E-state index contributed by atoms with van der Waals surface area (Å²) in [6, 6.07) is 1.75. The summed E-state index contributed by atoms with van der Waals surface area (Å²) in [7, 11) is 1.31. The maximum absolute atomic E-state index is 11.7. The largest absolute Gasteiger partial charge is 0.486 e. The van der Waals surface area contributed by atoms with Gasteiger partial charge < -0.3 is 19.9 Å². The number of nitrogen functional groups attached to an aromatic ring is 1. The van der Waals surface area contributed by atoms with E-state index in [1.165, 1.54) is 7.11 Å². The van der Waals surface area contributed by atoms with E-state index in [1.54, 1.807) is 6.07 Å². The molecule has 0 bridgehead atoms. The van der Waals surface area contributed by atoms with Gasteiger partial charge in [-0.1, -0.05) is 13.8 Å². The van der Waals surface area contributed by atoms with Crippen LogP contribution in [0.3, 0.4) is 0 Å². The molecule has 5 heteroatoms. The van der Waals surface area contributed by atoms with Gasteiger partial charge in [-0.3, -0.25) is 0 Å². The molecule has 2 N–H and O–H groups in total. The summed E-state index contributed by atoms with van der Waals surface area (Å²) in [5.41, 5.74) is 7.47. The minimum absolute atomic E-state index is 0.231. The molecule has 0 amide bonds. The molecule has 0 unspecified atom stereocenters. The van der Waals surface area contributed by atoms with Crippen molar-refractivity contribution in [2.75, 3.05) is 26.1 Å². The van der Waals surface area contributed by atoms with Crippen LogP contribution >= 0.6 is 0 Å². The van der Waals surface area contributed by atoms with E-state index in [0.29, 0.717) is 30.4 Å². The van der Waals surface area contributed by atoms with Gasteiger partial charge in [-0.25, -0.2) is 4.79 Å². The number of nitrogens with two attached hydrogens (primary N) is 1. The molecule has 0 saturated heterocycles. The molecular weight excluding hydrogens is 234 g/mol. The summed E-state index contributed by atoms with van der Waals surface area (Å²) in [6.45, 7) is 4.94. The maximum atomic E-state index is 11.7. The van der Waals surface area contributed by atoms with Crippen molar-refractivity contribution in [1.29, 1.82) is 0 Å². The molecule has 5 nitrogen and oxygen atoms in total. The molecule has 18 heavy (non-hydrogen) atoms. The van der Waals surface area contributed by atoms with Gasteiger partial charge in [0.05, 0.1) is 12.8 Å². The molecule has 0 fully saturated rings. The van der Waals surface area contributed by atoms with Crippen molar-refractivity contribution in [2.45, 2.75) is 19.8 Å². The quantitative estimate of drug-likeness (QED) is 0.642. The Kier molecular flexibility index (Phi) is 3.32. The second-order valence-corrected chi connectivity index (χ2v) is 4.43. The van der Waals surface area contributed by atoms with Crippen molar-refractivity contribution in [3.8, 4) is 11.5 Å². The fourth-order valence-corrected chi connectivity index (χ4v) is 2.00. The second kappa shape index (κ2) is 4.76. The molecule has 0 atom stereocenters. The first kappa shape index (κ1) is 12.5. The first-order valence-corrected chi connectivity index (χ1v) is 5.86. The van der Waals surface area contributed by atoms with E-state index in [-0.39, 0.29) is 11.5 Å². The van der Waals surface area contributed by atoms with Crippen LogP contribution in [0.5, 0.6) is 11.5 Å². The lowest BCUT2D eigenvalue weighted by Crippen LogP contribution is -2.21. The summed E-state index contributed by atoms with van der Waals surface area (Å²) in [5, 5.41) is 0. The Balaban J connectivity index is 2.66. The zero-order chi connectivity index (χ0) is 13.3. The van der Waals surface area contributed by atoms with Crippen LogP contribution in [0, 0.1) is 0 Å². The number of hydrogen-bond donors (Lipinski definition) is 1. The summed E-state index contributed by atoms with van der Waals surface area (Å²) < 4.78 is 15.9. The molecule has 1 aromatic carbocycles. The van der Waals surface area contributed by atoms with Gasteiger partial charge in [-0.15, -0.1) is 0 Å². The van der Waals surface area contributed by atoms with E-state index in [1.807, 2.05) is 13.8 Å². The number of methoxy groups -OCH3 is 1. The van der Waals surface area contributed by atoms with Crippen LogP contribution in [0.15, 0.2) is 6.07 Å². The lowest BCUT2D eigenvalue weighted by atomic mass is 9.97. The predicted octanol–water partition coefficient (Wildman–Crippen LogP) is 1.95. The van der Waals surface area contributed by atoms with Crippen LogP contribution < -0.4 is 15.2 Å². The molecule has 0 aromatic heterocycles. The molecule has 1 heterocycles. The standard InChI is InChI=1S/C13H17NO4/c1-7(2)8-6-9(14)10(13(15)16-3)12-11(8)17-4-5-18-12/h6-7H,4-5,14H2,1-3H3. The summed E-state index contributed by atoms with van der Waals surface area (Å²) in [4.78, 5) is 11.7. The maximum Gasteiger partial charge on any atom is 0.343 e. The van der Waals surface area contributed by atoms with Crippen molar-refractivity contribution in [3.05, 3.63) is 17.2 Å². The Morgan fingerprint density at radius 3 is 2.50 bits per heavy atom. The first-order chi connectivity index (χ1) is 8.56. The minimum atomic E-state index is -0.510. The van der Waals surface area contributed by atoms with E-state index >= 15 is 0 Å². The molecule has 1 aromatic rings. The molecule has 0 aliphatic carbocycles. The number of hydrogen-bond acceptors (Lipinski definition) is 5. The van der Waals surface area contributed by atoms with Crippen molar-refractivity contribution < 1.29 is 19.0 Å². The fraction of sp³-hybridized carbons (Fsp3) is 0.462. The normalized spacial score (nSPS) is 13.6. The van der Waals surface area contributed by atoms with Crippen molar-refractivity contribution in [3.63, 3.8) is 0 Å². The number of esters is 1. The number of ether oxygens (including phenoxy) is 3. The van der Waals surface area contributed by atoms with Gasteiger partial charge in [0, 0.05) is 5.56 Å². The van der Waals surface area contributed by atoms with Crippen molar-refractivity contribution in [2.24, 2.45) is 0 Å². The first-order valence-electron chi connectivity index (χ1n) is 5.86. The van der Waals surface area contributed by atoms with Crippen LogP contribution in [0.1, 0.15) is 35.7 Å². The molecule has 98 valence electrons. The monoisotopic (exact) mass is 251 g/mol. The Morgan fingerprint density at radius 2 is 1.94 bits per heavy atom. The number of carbonyl (C=O) groups is 1.